The summed E-state index contributed by atoms with van der Waals surface area (Å²) in [5, 5.41) is 3.62. The largest absolute Gasteiger partial charge is 0.471 e. The number of rotatable bonds is 6. The molecule has 0 N–H and O–H groups in total. The summed E-state index contributed by atoms with van der Waals surface area (Å²) in [6.07, 6.45) is 0.302. The van der Waals surface area contributed by atoms with Gasteiger partial charge in [0.2, 0.25) is 5.91 Å². The molecule has 0 spiro atoms. The van der Waals surface area contributed by atoms with Crippen molar-refractivity contribution >= 4 is 35.0 Å². The first-order valence-corrected chi connectivity index (χ1v) is 9.98. The SMILES string of the molecule is O=C(CCl)N1CCN(c2ccc(N3CC(COc4ccon4)OC3=O)cc2F)CC1. The van der Waals surface area contributed by atoms with Crippen LogP contribution in [0.2, 0.25) is 0 Å². The molecule has 2 saturated heterocycles. The number of piperazine rings is 1. The maximum atomic E-state index is 14.8. The molecule has 1 atom stereocenters. The molecule has 30 heavy (non-hydrogen) atoms. The van der Waals surface area contributed by atoms with Gasteiger partial charge in [-0.15, -0.1) is 11.6 Å². The lowest BCUT2D eigenvalue weighted by Crippen LogP contribution is -2.49. The van der Waals surface area contributed by atoms with E-state index in [1.54, 1.807) is 23.1 Å². The van der Waals surface area contributed by atoms with Gasteiger partial charge < -0.3 is 23.8 Å². The second-order valence-corrected chi connectivity index (χ2v) is 7.17. The van der Waals surface area contributed by atoms with Gasteiger partial charge >= 0.3 is 6.09 Å². The molecule has 2 aliphatic heterocycles. The fourth-order valence-corrected chi connectivity index (χ4v) is 3.64. The third-order valence-corrected chi connectivity index (χ3v) is 5.26. The van der Waals surface area contributed by atoms with Crippen molar-refractivity contribution in [2.75, 3.05) is 55.0 Å². The van der Waals surface area contributed by atoms with Crippen molar-refractivity contribution in [3.63, 3.8) is 0 Å². The molecular weight excluding hydrogens is 419 g/mol. The van der Waals surface area contributed by atoms with Crippen molar-refractivity contribution in [3.05, 3.63) is 36.3 Å². The number of cyclic esters (lactones) is 1. The summed E-state index contributed by atoms with van der Waals surface area (Å²) in [4.78, 5) is 28.8. The van der Waals surface area contributed by atoms with Crippen molar-refractivity contribution in [2.45, 2.75) is 6.10 Å². The lowest BCUT2D eigenvalue weighted by molar-refractivity contribution is -0.128. The topological polar surface area (TPSA) is 88.4 Å². The van der Waals surface area contributed by atoms with E-state index < -0.39 is 18.0 Å². The number of anilines is 2. The van der Waals surface area contributed by atoms with Crippen LogP contribution in [0.3, 0.4) is 0 Å². The summed E-state index contributed by atoms with van der Waals surface area (Å²) >= 11 is 5.59. The Bertz CT molecular complexity index is 904. The van der Waals surface area contributed by atoms with Crippen LogP contribution in [-0.4, -0.2) is 73.4 Å². The Kier molecular flexibility index (Phi) is 5.93. The van der Waals surface area contributed by atoms with Crippen LogP contribution >= 0.6 is 11.6 Å². The maximum absolute atomic E-state index is 14.8. The molecule has 160 valence electrons. The predicted octanol–water partition coefficient (Wildman–Crippen LogP) is 2.11. The molecule has 1 aromatic heterocycles. The van der Waals surface area contributed by atoms with Gasteiger partial charge in [0.1, 0.15) is 24.6 Å². The van der Waals surface area contributed by atoms with Crippen molar-refractivity contribution in [2.24, 2.45) is 0 Å². The Morgan fingerprint density at radius 1 is 1.27 bits per heavy atom. The molecule has 1 aromatic carbocycles. The zero-order valence-electron chi connectivity index (χ0n) is 16.0. The second kappa shape index (κ2) is 8.78. The molecule has 0 radical (unpaired) electrons. The summed E-state index contributed by atoms with van der Waals surface area (Å²) < 4.78 is 30.2. The maximum Gasteiger partial charge on any atom is 0.414 e. The van der Waals surface area contributed by atoms with E-state index in [9.17, 15) is 14.0 Å². The molecule has 0 aliphatic carbocycles. The van der Waals surface area contributed by atoms with Crippen LogP contribution < -0.4 is 14.5 Å². The van der Waals surface area contributed by atoms with Gasteiger partial charge in [-0.25, -0.2) is 9.18 Å². The van der Waals surface area contributed by atoms with Crippen molar-refractivity contribution in [1.82, 2.24) is 10.1 Å². The van der Waals surface area contributed by atoms with Gasteiger partial charge in [0.15, 0.2) is 6.10 Å². The van der Waals surface area contributed by atoms with Crippen LogP contribution in [0.1, 0.15) is 0 Å². The average Bonchev–Trinajstić information content (AvgIpc) is 3.41. The van der Waals surface area contributed by atoms with Crippen LogP contribution in [0.15, 0.2) is 35.1 Å². The summed E-state index contributed by atoms with van der Waals surface area (Å²) in [6.45, 7) is 2.32. The van der Waals surface area contributed by atoms with E-state index in [1.165, 1.54) is 17.2 Å². The van der Waals surface area contributed by atoms with Crippen molar-refractivity contribution in [3.8, 4) is 5.88 Å². The highest BCUT2D eigenvalue weighted by Crippen LogP contribution is 2.28. The van der Waals surface area contributed by atoms with Gasteiger partial charge in [0.05, 0.1) is 17.9 Å². The van der Waals surface area contributed by atoms with Gasteiger partial charge in [-0.05, 0) is 23.4 Å². The monoisotopic (exact) mass is 438 g/mol. The molecule has 2 aliphatic rings. The lowest BCUT2D eigenvalue weighted by Gasteiger charge is -2.36. The Labute approximate surface area is 176 Å². The van der Waals surface area contributed by atoms with Crippen LogP contribution in [0.4, 0.5) is 20.6 Å². The highest BCUT2D eigenvalue weighted by atomic mass is 35.5. The molecule has 0 bridgehead atoms. The molecular formula is C19H20ClFN4O5. The third-order valence-electron chi connectivity index (χ3n) is 5.04. The molecule has 2 aromatic rings. The van der Waals surface area contributed by atoms with Crippen LogP contribution in [0, 0.1) is 5.82 Å². The molecule has 2 amide bonds. The lowest BCUT2D eigenvalue weighted by atomic mass is 10.2. The number of carbonyl (C=O) groups excluding carboxylic acids is 2. The number of alkyl halides is 1. The quantitative estimate of drug-likeness (QED) is 0.638. The number of ether oxygens (including phenoxy) is 2. The van der Waals surface area contributed by atoms with E-state index in [0.717, 1.165) is 0 Å². The Balaban J connectivity index is 1.37. The fourth-order valence-electron chi connectivity index (χ4n) is 3.47. The van der Waals surface area contributed by atoms with Gasteiger partial charge in [-0.1, -0.05) is 0 Å². The normalized spacial score (nSPS) is 19.2. The molecule has 1 unspecified atom stereocenters. The van der Waals surface area contributed by atoms with E-state index in [2.05, 4.69) is 9.68 Å². The number of amides is 2. The average molecular weight is 439 g/mol. The molecule has 9 nitrogen and oxygen atoms in total. The molecule has 3 heterocycles. The zero-order valence-corrected chi connectivity index (χ0v) is 16.8. The number of nitrogens with zero attached hydrogens (tertiary/aromatic N) is 4. The summed E-state index contributed by atoms with van der Waals surface area (Å²) in [5.41, 5.74) is 0.830. The van der Waals surface area contributed by atoms with Gasteiger partial charge in [0.25, 0.3) is 5.88 Å². The van der Waals surface area contributed by atoms with Gasteiger partial charge in [-0.2, -0.15) is 0 Å². The highest BCUT2D eigenvalue weighted by molar-refractivity contribution is 6.27. The summed E-state index contributed by atoms with van der Waals surface area (Å²) in [6, 6.07) is 6.18. The van der Waals surface area contributed by atoms with E-state index in [1.807, 2.05) is 4.90 Å². The van der Waals surface area contributed by atoms with E-state index in [-0.39, 0.29) is 24.9 Å². The van der Waals surface area contributed by atoms with Crippen molar-refractivity contribution < 1.29 is 28.0 Å². The van der Waals surface area contributed by atoms with Crippen LogP contribution in [0.25, 0.3) is 0 Å². The van der Waals surface area contributed by atoms with Crippen LogP contribution in [0.5, 0.6) is 5.88 Å². The Morgan fingerprint density at radius 2 is 2.07 bits per heavy atom. The number of halogens is 2. The van der Waals surface area contributed by atoms with Crippen molar-refractivity contribution in [1.29, 1.82) is 0 Å². The van der Waals surface area contributed by atoms with E-state index in [4.69, 9.17) is 21.1 Å². The standard InChI is InChI=1S/C19H20ClFN4O5/c20-10-18(26)24-6-4-23(5-7-24)16-2-1-13(9-15(16)21)25-11-14(30-19(25)27)12-28-17-3-8-29-22-17/h1-3,8-9,14H,4-7,10-12H2. The van der Waals surface area contributed by atoms with Crippen LogP contribution in [-0.2, 0) is 9.53 Å². The Hall–Kier alpha value is -3.01. The smallest absolute Gasteiger partial charge is 0.414 e. The summed E-state index contributed by atoms with van der Waals surface area (Å²) in [5.74, 6) is -0.325. The first kappa shape index (κ1) is 20.3. The number of benzene rings is 1. The Morgan fingerprint density at radius 3 is 2.73 bits per heavy atom. The highest BCUT2D eigenvalue weighted by Gasteiger charge is 2.33. The fraction of sp³-hybridized carbons (Fsp3) is 0.421. The number of carbonyl (C=O) groups is 2. The van der Waals surface area contributed by atoms with E-state index >= 15 is 0 Å². The van der Waals surface area contributed by atoms with Gasteiger partial charge in [0, 0.05) is 32.2 Å². The molecule has 4 rings (SSSR count). The minimum Gasteiger partial charge on any atom is -0.471 e. The second-order valence-electron chi connectivity index (χ2n) is 6.90. The number of hydrogen-bond donors (Lipinski definition) is 0. The zero-order chi connectivity index (χ0) is 21.1. The predicted molar refractivity (Wildman–Crippen MR) is 106 cm³/mol. The molecule has 0 saturated carbocycles. The first-order chi connectivity index (χ1) is 14.5. The minimum absolute atomic E-state index is 0.0559. The van der Waals surface area contributed by atoms with Gasteiger partial charge in [-0.3, -0.25) is 9.69 Å². The number of aromatic nitrogens is 1. The third kappa shape index (κ3) is 4.28. The summed E-state index contributed by atoms with van der Waals surface area (Å²) in [7, 11) is 0. The number of hydrogen-bond acceptors (Lipinski definition) is 7. The minimum atomic E-state index is -0.566. The molecule has 2 fully saturated rings. The first-order valence-electron chi connectivity index (χ1n) is 9.44. The molecule has 11 heteroatoms. The van der Waals surface area contributed by atoms with E-state index in [0.29, 0.717) is 43.4 Å².